The Morgan fingerprint density at radius 1 is 1.00 bits per heavy atom. The summed E-state index contributed by atoms with van der Waals surface area (Å²) < 4.78 is 1.47. The number of carbonyl (C=O) groups is 1. The lowest BCUT2D eigenvalue weighted by atomic mass is 10.2. The number of hydrogen-bond donors (Lipinski definition) is 0. The Morgan fingerprint density at radius 3 is 2.17 bits per heavy atom. The van der Waals surface area contributed by atoms with Gasteiger partial charge in [0.05, 0.1) is 0 Å². The molecule has 2 rings (SSSR count). The Morgan fingerprint density at radius 2 is 1.61 bits per heavy atom. The van der Waals surface area contributed by atoms with Crippen molar-refractivity contribution in [1.29, 1.82) is 0 Å². The van der Waals surface area contributed by atoms with Gasteiger partial charge in [-0.15, -0.1) is 0 Å². The van der Waals surface area contributed by atoms with Gasteiger partial charge in [0, 0.05) is 23.5 Å². The fraction of sp³-hybridized carbons (Fsp3) is 0.200. The highest BCUT2D eigenvalue weighted by atomic mass is 16.1. The number of carbonyl (C=O) groups excluding carboxylic acids is 1. The summed E-state index contributed by atoms with van der Waals surface area (Å²) in [7, 11) is 0. The van der Waals surface area contributed by atoms with Crippen molar-refractivity contribution in [2.24, 2.45) is 0 Å². The first kappa shape index (κ1) is 13.9. The molecule has 0 unspecified atom stereocenters. The van der Waals surface area contributed by atoms with Gasteiger partial charge in [0.1, 0.15) is 0 Å². The highest BCUT2D eigenvalue weighted by Gasteiger charge is 2.03. The molecule has 0 N–H and O–H groups in total. The molecule has 0 radical (unpaired) electrons. The molecule has 0 atom stereocenters. The van der Waals surface area contributed by atoms with Crippen molar-refractivity contribution >= 4 is 5.78 Å². The largest absolute Gasteiger partial charge is 0.294 e. The molecule has 3 heteroatoms. The molecule has 3 nitrogen and oxygen atoms in total. The van der Waals surface area contributed by atoms with Gasteiger partial charge in [0.25, 0.3) is 5.56 Å². The normalized spacial score (nSPS) is 9.28. The Balaban J connectivity index is 0.000000771. The van der Waals surface area contributed by atoms with Crippen molar-refractivity contribution in [3.8, 4) is 5.69 Å². The van der Waals surface area contributed by atoms with Crippen molar-refractivity contribution in [1.82, 2.24) is 4.57 Å². The van der Waals surface area contributed by atoms with Gasteiger partial charge in [-0.1, -0.05) is 32.0 Å². The molecule has 0 saturated carbocycles. The quantitative estimate of drug-likeness (QED) is 0.760. The van der Waals surface area contributed by atoms with Gasteiger partial charge in [-0.3, -0.25) is 14.2 Å². The van der Waals surface area contributed by atoms with Crippen LogP contribution >= 0.6 is 0 Å². The van der Waals surface area contributed by atoms with E-state index in [1.807, 2.05) is 44.2 Å². The van der Waals surface area contributed by atoms with Crippen molar-refractivity contribution in [3.05, 3.63) is 64.6 Å². The molecule has 0 saturated heterocycles. The Kier molecular flexibility index (Phi) is 5.06. The third kappa shape index (κ3) is 3.17. The molecule has 18 heavy (non-hydrogen) atoms. The fourth-order valence-corrected chi connectivity index (χ4v) is 1.49. The van der Waals surface area contributed by atoms with Crippen LogP contribution in [-0.2, 0) is 0 Å². The van der Waals surface area contributed by atoms with Gasteiger partial charge >= 0.3 is 0 Å². The van der Waals surface area contributed by atoms with E-state index in [-0.39, 0.29) is 11.3 Å². The molecule has 1 aromatic carbocycles. The van der Waals surface area contributed by atoms with Crippen LogP contribution in [-0.4, -0.2) is 10.4 Å². The third-order valence-electron chi connectivity index (χ3n) is 2.35. The summed E-state index contributed by atoms with van der Waals surface area (Å²) in [5.41, 5.74) is 1.15. The van der Waals surface area contributed by atoms with Gasteiger partial charge in [-0.05, 0) is 25.1 Å². The van der Waals surface area contributed by atoms with E-state index in [0.717, 1.165) is 5.69 Å². The SMILES string of the molecule is CC.CC(=O)c1ccc(=O)n(-c2ccccc2)c1. The average molecular weight is 243 g/mol. The Bertz CT molecular complexity index is 571. The number of Topliss-reactive ketones (excluding diaryl/α,β-unsaturated/α-hetero) is 1. The highest BCUT2D eigenvalue weighted by Crippen LogP contribution is 2.05. The second-order valence-electron chi connectivity index (χ2n) is 3.52. The van der Waals surface area contributed by atoms with E-state index in [1.54, 1.807) is 12.3 Å². The molecule has 0 amide bonds. The molecule has 1 heterocycles. The van der Waals surface area contributed by atoms with Crippen molar-refractivity contribution in [2.45, 2.75) is 20.8 Å². The summed E-state index contributed by atoms with van der Waals surface area (Å²) in [5.74, 6) is -0.0512. The first-order valence-electron chi connectivity index (χ1n) is 5.97. The summed E-state index contributed by atoms with van der Waals surface area (Å²) in [6.07, 6.45) is 1.57. The van der Waals surface area contributed by atoms with Gasteiger partial charge in [-0.2, -0.15) is 0 Å². The number of rotatable bonds is 2. The maximum atomic E-state index is 11.6. The standard InChI is InChI=1S/C13H11NO2.C2H6/c1-10(15)11-7-8-13(16)14(9-11)12-5-3-2-4-6-12;1-2/h2-9H,1H3;1-2H3. The zero-order chi connectivity index (χ0) is 13.5. The van der Waals surface area contributed by atoms with Crippen LogP contribution in [0.1, 0.15) is 31.1 Å². The zero-order valence-electron chi connectivity index (χ0n) is 10.9. The van der Waals surface area contributed by atoms with E-state index in [2.05, 4.69) is 0 Å². The first-order chi connectivity index (χ1) is 8.68. The van der Waals surface area contributed by atoms with Crippen LogP contribution in [0.4, 0.5) is 0 Å². The molecule has 0 aliphatic heterocycles. The highest BCUT2D eigenvalue weighted by molar-refractivity contribution is 5.93. The van der Waals surface area contributed by atoms with Crippen LogP contribution < -0.4 is 5.56 Å². The van der Waals surface area contributed by atoms with E-state index in [0.29, 0.717) is 5.56 Å². The minimum Gasteiger partial charge on any atom is -0.294 e. The van der Waals surface area contributed by atoms with Crippen LogP contribution in [0.2, 0.25) is 0 Å². The third-order valence-corrected chi connectivity index (χ3v) is 2.35. The van der Waals surface area contributed by atoms with Crippen molar-refractivity contribution < 1.29 is 4.79 Å². The van der Waals surface area contributed by atoms with Gasteiger partial charge in [0.15, 0.2) is 5.78 Å². The number of benzene rings is 1. The number of hydrogen-bond acceptors (Lipinski definition) is 2. The summed E-state index contributed by atoms with van der Waals surface area (Å²) in [6, 6.07) is 12.2. The minimum absolute atomic E-state index is 0.0512. The lowest BCUT2D eigenvalue weighted by Crippen LogP contribution is -2.17. The molecule has 2 aromatic rings. The predicted octanol–water partition coefficient (Wildman–Crippen LogP) is 3.07. The Labute approximate surface area is 107 Å². The van der Waals surface area contributed by atoms with E-state index in [4.69, 9.17) is 0 Å². The van der Waals surface area contributed by atoms with Crippen LogP contribution in [0, 0.1) is 0 Å². The fourth-order valence-electron chi connectivity index (χ4n) is 1.49. The number of aromatic nitrogens is 1. The molecular formula is C15H17NO2. The number of nitrogens with zero attached hydrogens (tertiary/aromatic N) is 1. The minimum atomic E-state index is -0.142. The molecule has 0 aliphatic carbocycles. The second-order valence-corrected chi connectivity index (χ2v) is 3.52. The molecule has 0 bridgehead atoms. The summed E-state index contributed by atoms with van der Waals surface area (Å²) in [4.78, 5) is 22.9. The van der Waals surface area contributed by atoms with E-state index >= 15 is 0 Å². The monoisotopic (exact) mass is 243 g/mol. The van der Waals surface area contributed by atoms with Crippen LogP contribution in [0.3, 0.4) is 0 Å². The maximum absolute atomic E-state index is 11.6. The smallest absolute Gasteiger partial charge is 0.255 e. The average Bonchev–Trinajstić information content (AvgIpc) is 2.42. The van der Waals surface area contributed by atoms with Crippen LogP contribution in [0.25, 0.3) is 5.69 Å². The number of ketones is 1. The molecule has 0 spiro atoms. The second kappa shape index (κ2) is 6.55. The van der Waals surface area contributed by atoms with Crippen LogP contribution in [0.5, 0.6) is 0 Å². The van der Waals surface area contributed by atoms with E-state index < -0.39 is 0 Å². The summed E-state index contributed by atoms with van der Waals surface area (Å²) in [6.45, 7) is 5.48. The van der Waals surface area contributed by atoms with Crippen LogP contribution in [0.15, 0.2) is 53.5 Å². The molecule has 0 fully saturated rings. The van der Waals surface area contributed by atoms with Gasteiger partial charge in [0.2, 0.25) is 0 Å². The lowest BCUT2D eigenvalue weighted by molar-refractivity contribution is 0.101. The molecular weight excluding hydrogens is 226 g/mol. The summed E-state index contributed by atoms with van der Waals surface area (Å²) >= 11 is 0. The summed E-state index contributed by atoms with van der Waals surface area (Å²) in [5, 5.41) is 0. The molecule has 94 valence electrons. The zero-order valence-corrected chi connectivity index (χ0v) is 10.9. The molecule has 0 aliphatic rings. The van der Waals surface area contributed by atoms with Crippen molar-refractivity contribution in [3.63, 3.8) is 0 Å². The predicted molar refractivity (Wildman–Crippen MR) is 73.4 cm³/mol. The van der Waals surface area contributed by atoms with Gasteiger partial charge < -0.3 is 0 Å². The van der Waals surface area contributed by atoms with Gasteiger partial charge in [-0.25, -0.2) is 0 Å². The maximum Gasteiger partial charge on any atom is 0.255 e. The first-order valence-corrected chi connectivity index (χ1v) is 5.97. The lowest BCUT2D eigenvalue weighted by Gasteiger charge is -2.06. The molecule has 1 aromatic heterocycles. The Hall–Kier alpha value is -2.16. The number of para-hydroxylation sites is 1. The topological polar surface area (TPSA) is 39.1 Å². The van der Waals surface area contributed by atoms with E-state index in [1.165, 1.54) is 17.6 Å². The van der Waals surface area contributed by atoms with Crippen molar-refractivity contribution in [2.75, 3.05) is 0 Å². The number of pyridine rings is 1. The van der Waals surface area contributed by atoms with E-state index in [9.17, 15) is 9.59 Å².